The molecule has 84 valence electrons. The molecule has 2 aromatic carbocycles. The quantitative estimate of drug-likeness (QED) is 0.692. The normalized spacial score (nSPS) is 13.9. The van der Waals surface area contributed by atoms with Gasteiger partial charge in [-0.1, -0.05) is 48.1 Å². The van der Waals surface area contributed by atoms with Gasteiger partial charge in [0.05, 0.1) is 10.7 Å². The number of rotatable bonds is 1. The van der Waals surface area contributed by atoms with Crippen LogP contribution in [0.3, 0.4) is 0 Å². The van der Waals surface area contributed by atoms with Crippen molar-refractivity contribution in [2.24, 2.45) is 0 Å². The monoisotopic (exact) mass is 239 g/mol. The summed E-state index contributed by atoms with van der Waals surface area (Å²) in [6.45, 7) is 2.10. The van der Waals surface area contributed by atoms with Crippen LogP contribution < -0.4 is 4.90 Å². The number of benzene rings is 2. The van der Waals surface area contributed by atoms with Crippen LogP contribution in [0.25, 0.3) is 0 Å². The zero-order valence-electron chi connectivity index (χ0n) is 9.68. The van der Waals surface area contributed by atoms with Crippen molar-refractivity contribution >= 4 is 28.6 Å². The first-order valence-electron chi connectivity index (χ1n) is 5.73. The first-order valence-corrected chi connectivity index (χ1v) is 6.14. The summed E-state index contributed by atoms with van der Waals surface area (Å²) < 4.78 is 0. The molecule has 0 spiro atoms. The summed E-state index contributed by atoms with van der Waals surface area (Å²) in [7, 11) is 0. The van der Waals surface area contributed by atoms with Crippen LogP contribution in [0.15, 0.2) is 48.5 Å². The van der Waals surface area contributed by atoms with Gasteiger partial charge in [-0.2, -0.15) is 0 Å². The molecule has 0 aliphatic carbocycles. The average Bonchev–Trinajstić information content (AvgIpc) is 2.66. The Labute approximate surface area is 107 Å². The molecule has 1 nitrogen and oxygen atoms in total. The Hall–Kier alpha value is -1.67. The van der Waals surface area contributed by atoms with Crippen molar-refractivity contribution in [3.63, 3.8) is 0 Å². The lowest BCUT2D eigenvalue weighted by molar-refractivity contribution is 1.37. The number of aryl methyl sites for hydroxylation is 1. The summed E-state index contributed by atoms with van der Waals surface area (Å²) in [4.78, 5) is 3.15. The maximum Gasteiger partial charge on any atom is 0.0914 e. The van der Waals surface area contributed by atoms with E-state index < -0.39 is 0 Å². The summed E-state index contributed by atoms with van der Waals surface area (Å²) in [5.74, 6) is 0. The Kier molecular flexibility index (Phi) is 2.45. The minimum Gasteiger partial charge on any atom is -0.304 e. The number of hydrogen-bond acceptors (Lipinski definition) is 1. The molecule has 1 aliphatic heterocycles. The van der Waals surface area contributed by atoms with Gasteiger partial charge in [0.15, 0.2) is 0 Å². The molecule has 0 unspecified atom stereocenters. The van der Waals surface area contributed by atoms with E-state index in [0.29, 0.717) is 0 Å². The fourth-order valence-electron chi connectivity index (χ4n) is 2.23. The summed E-state index contributed by atoms with van der Waals surface area (Å²) in [5.41, 5.74) is 4.97. The highest BCUT2D eigenvalue weighted by Crippen LogP contribution is 2.35. The summed E-state index contributed by atoms with van der Waals surface area (Å²) >= 11 is 5.49. The zero-order chi connectivity index (χ0) is 11.8. The van der Waals surface area contributed by atoms with E-state index in [9.17, 15) is 0 Å². The molecule has 0 radical (unpaired) electrons. The Morgan fingerprint density at radius 2 is 1.71 bits per heavy atom. The number of thiocarbonyl (C=S) groups is 1. The molecular weight excluding hydrogens is 226 g/mol. The van der Waals surface area contributed by atoms with E-state index in [1.807, 2.05) is 0 Å². The van der Waals surface area contributed by atoms with Gasteiger partial charge in [0, 0.05) is 12.1 Å². The summed E-state index contributed by atoms with van der Waals surface area (Å²) in [6.07, 6.45) is 0.874. The highest BCUT2D eigenvalue weighted by Gasteiger charge is 2.24. The predicted octanol–water partition coefficient (Wildman–Crippen LogP) is 4.02. The van der Waals surface area contributed by atoms with Gasteiger partial charge in [-0.25, -0.2) is 0 Å². The molecule has 0 fully saturated rings. The Morgan fingerprint density at radius 3 is 2.47 bits per heavy atom. The lowest BCUT2D eigenvalue weighted by atomic mass is 10.1. The van der Waals surface area contributed by atoms with Gasteiger partial charge < -0.3 is 4.90 Å². The van der Waals surface area contributed by atoms with Crippen molar-refractivity contribution < 1.29 is 0 Å². The van der Waals surface area contributed by atoms with Gasteiger partial charge in [0.1, 0.15) is 0 Å². The van der Waals surface area contributed by atoms with Gasteiger partial charge in [0.2, 0.25) is 0 Å². The number of para-hydroxylation sites is 1. The fraction of sp³-hybridized carbons (Fsp3) is 0.133. The summed E-state index contributed by atoms with van der Waals surface area (Å²) in [6, 6.07) is 16.9. The predicted molar refractivity (Wildman–Crippen MR) is 76.1 cm³/mol. The van der Waals surface area contributed by atoms with E-state index in [4.69, 9.17) is 12.2 Å². The SMILES string of the molecule is Cc1ccc(N2C(=S)Cc3ccccc32)cc1. The number of nitrogens with zero attached hydrogens (tertiary/aromatic N) is 1. The Morgan fingerprint density at radius 1 is 1.00 bits per heavy atom. The molecule has 0 atom stereocenters. The lowest BCUT2D eigenvalue weighted by Gasteiger charge is -2.19. The van der Waals surface area contributed by atoms with Crippen LogP contribution in [0.4, 0.5) is 11.4 Å². The van der Waals surface area contributed by atoms with Crippen LogP contribution in [0.2, 0.25) is 0 Å². The van der Waals surface area contributed by atoms with Crippen LogP contribution in [0.5, 0.6) is 0 Å². The molecule has 1 heterocycles. The van der Waals surface area contributed by atoms with Gasteiger partial charge in [0.25, 0.3) is 0 Å². The molecule has 1 aliphatic rings. The Bertz CT molecular complexity index is 572. The van der Waals surface area contributed by atoms with Crippen molar-refractivity contribution in [2.75, 3.05) is 4.90 Å². The first-order chi connectivity index (χ1) is 8.25. The second kappa shape index (κ2) is 3.97. The fourth-order valence-corrected chi connectivity index (χ4v) is 2.59. The number of fused-ring (bicyclic) bond motifs is 1. The average molecular weight is 239 g/mol. The smallest absolute Gasteiger partial charge is 0.0914 e. The van der Waals surface area contributed by atoms with Crippen LogP contribution in [-0.4, -0.2) is 4.99 Å². The van der Waals surface area contributed by atoms with Crippen molar-refractivity contribution in [2.45, 2.75) is 13.3 Å². The third-order valence-corrected chi connectivity index (χ3v) is 3.44. The van der Waals surface area contributed by atoms with Gasteiger partial charge in [-0.05, 0) is 30.7 Å². The third kappa shape index (κ3) is 1.75. The molecule has 0 amide bonds. The molecule has 2 aromatic rings. The van der Waals surface area contributed by atoms with Crippen molar-refractivity contribution in [1.29, 1.82) is 0 Å². The number of hydrogen-bond donors (Lipinski definition) is 0. The maximum absolute atomic E-state index is 5.49. The van der Waals surface area contributed by atoms with E-state index in [-0.39, 0.29) is 0 Å². The molecule has 0 aromatic heterocycles. The van der Waals surface area contributed by atoms with Gasteiger partial charge in [-0.15, -0.1) is 0 Å². The standard InChI is InChI=1S/C15H13NS/c1-11-6-8-13(9-7-11)16-14-5-3-2-4-12(14)10-15(16)17/h2-9H,10H2,1H3. The highest BCUT2D eigenvalue weighted by molar-refractivity contribution is 7.80. The molecule has 0 bridgehead atoms. The number of anilines is 2. The third-order valence-electron chi connectivity index (χ3n) is 3.12. The first kappa shape index (κ1) is 10.5. The minimum absolute atomic E-state index is 0.874. The molecule has 0 N–H and O–H groups in total. The van der Waals surface area contributed by atoms with Gasteiger partial charge in [-0.3, -0.25) is 0 Å². The van der Waals surface area contributed by atoms with Crippen LogP contribution in [0.1, 0.15) is 11.1 Å². The van der Waals surface area contributed by atoms with Crippen molar-refractivity contribution in [1.82, 2.24) is 0 Å². The second-order valence-electron chi connectivity index (χ2n) is 4.37. The van der Waals surface area contributed by atoms with Crippen LogP contribution >= 0.6 is 12.2 Å². The molecular formula is C15H13NS. The van der Waals surface area contributed by atoms with E-state index in [1.54, 1.807) is 0 Å². The van der Waals surface area contributed by atoms with E-state index in [2.05, 4.69) is 60.4 Å². The van der Waals surface area contributed by atoms with E-state index in [0.717, 1.165) is 17.1 Å². The maximum atomic E-state index is 5.49. The van der Waals surface area contributed by atoms with Gasteiger partial charge >= 0.3 is 0 Å². The minimum atomic E-state index is 0.874. The molecule has 0 saturated heterocycles. The van der Waals surface area contributed by atoms with E-state index >= 15 is 0 Å². The molecule has 17 heavy (non-hydrogen) atoms. The zero-order valence-corrected chi connectivity index (χ0v) is 10.5. The molecule has 2 heteroatoms. The van der Waals surface area contributed by atoms with Crippen LogP contribution in [0, 0.1) is 6.92 Å². The van der Waals surface area contributed by atoms with Crippen molar-refractivity contribution in [3.8, 4) is 0 Å². The molecule has 0 saturated carbocycles. The summed E-state index contributed by atoms with van der Waals surface area (Å²) in [5, 5.41) is 0. The molecule has 3 rings (SSSR count). The van der Waals surface area contributed by atoms with Crippen LogP contribution in [-0.2, 0) is 6.42 Å². The highest BCUT2D eigenvalue weighted by atomic mass is 32.1. The largest absolute Gasteiger partial charge is 0.304 e. The Balaban J connectivity index is 2.09. The topological polar surface area (TPSA) is 3.24 Å². The van der Waals surface area contributed by atoms with E-state index in [1.165, 1.54) is 16.8 Å². The second-order valence-corrected chi connectivity index (χ2v) is 4.84. The van der Waals surface area contributed by atoms with Crippen molar-refractivity contribution in [3.05, 3.63) is 59.7 Å². The lowest BCUT2D eigenvalue weighted by Crippen LogP contribution is -2.18.